The Labute approximate surface area is 89.5 Å². The maximum atomic E-state index is 11.5. The van der Waals surface area contributed by atoms with Crippen LogP contribution in [0.25, 0.3) is 0 Å². The third-order valence-electron chi connectivity index (χ3n) is 2.63. The normalized spacial score (nSPS) is 16.5. The Hall–Kier alpha value is -1.10. The highest BCUT2D eigenvalue weighted by atomic mass is 16.4. The number of aliphatic hydroxyl groups excluding tert-OH is 1. The van der Waals surface area contributed by atoms with E-state index in [1.807, 2.05) is 6.92 Å². The van der Waals surface area contributed by atoms with Crippen molar-refractivity contribution < 1.29 is 19.8 Å². The van der Waals surface area contributed by atoms with Crippen molar-refractivity contribution in [2.45, 2.75) is 39.2 Å². The van der Waals surface area contributed by atoms with Crippen LogP contribution >= 0.6 is 0 Å². The van der Waals surface area contributed by atoms with Gasteiger partial charge in [-0.2, -0.15) is 0 Å². The molecule has 88 valence electrons. The Morgan fingerprint density at radius 3 is 2.33 bits per heavy atom. The summed E-state index contributed by atoms with van der Waals surface area (Å²) in [4.78, 5) is 22.0. The molecule has 0 heterocycles. The van der Waals surface area contributed by atoms with E-state index in [0.29, 0.717) is 12.8 Å². The lowest BCUT2D eigenvalue weighted by Gasteiger charge is -2.29. The Kier molecular flexibility index (Phi) is 5.28. The van der Waals surface area contributed by atoms with E-state index in [0.717, 1.165) is 0 Å². The summed E-state index contributed by atoms with van der Waals surface area (Å²) in [5, 5.41) is 20.1. The van der Waals surface area contributed by atoms with Gasteiger partial charge in [-0.05, 0) is 26.7 Å². The quantitative estimate of drug-likeness (QED) is 0.561. The van der Waals surface area contributed by atoms with Crippen molar-refractivity contribution in [1.29, 1.82) is 0 Å². The number of nitrogens with one attached hydrogen (secondary N) is 1. The van der Waals surface area contributed by atoms with E-state index in [1.165, 1.54) is 6.92 Å². The number of aliphatic hydroxyl groups is 1. The highest BCUT2D eigenvalue weighted by Gasteiger charge is 2.28. The zero-order valence-electron chi connectivity index (χ0n) is 9.41. The minimum Gasteiger partial charge on any atom is -0.481 e. The summed E-state index contributed by atoms with van der Waals surface area (Å²) in [6, 6.07) is 0. The van der Waals surface area contributed by atoms with Gasteiger partial charge in [-0.1, -0.05) is 6.92 Å². The predicted octanol–water partition coefficient (Wildman–Crippen LogP) is 0.374. The van der Waals surface area contributed by atoms with E-state index < -0.39 is 23.3 Å². The van der Waals surface area contributed by atoms with Gasteiger partial charge in [0.2, 0.25) is 5.91 Å². The van der Waals surface area contributed by atoms with Crippen molar-refractivity contribution in [3.8, 4) is 0 Å². The lowest BCUT2D eigenvalue weighted by Crippen LogP contribution is -2.49. The molecule has 0 spiro atoms. The van der Waals surface area contributed by atoms with Crippen LogP contribution in [0.5, 0.6) is 0 Å². The molecule has 0 aromatic heterocycles. The molecule has 0 aromatic carbocycles. The van der Waals surface area contributed by atoms with Crippen molar-refractivity contribution in [2.24, 2.45) is 5.92 Å². The molecule has 0 saturated carbocycles. The molecular weight excluding hydrogens is 198 g/mol. The smallest absolute Gasteiger partial charge is 0.315 e. The summed E-state index contributed by atoms with van der Waals surface area (Å²) in [7, 11) is 0. The first-order valence-electron chi connectivity index (χ1n) is 5.02. The van der Waals surface area contributed by atoms with E-state index >= 15 is 0 Å². The number of hydrogen-bond acceptors (Lipinski definition) is 3. The molecule has 5 nitrogen and oxygen atoms in total. The zero-order chi connectivity index (χ0) is 12.1. The van der Waals surface area contributed by atoms with Gasteiger partial charge >= 0.3 is 5.97 Å². The van der Waals surface area contributed by atoms with Gasteiger partial charge in [-0.25, -0.2) is 0 Å². The molecule has 0 fully saturated rings. The summed E-state index contributed by atoms with van der Waals surface area (Å²) in [6.45, 7) is 4.97. The van der Waals surface area contributed by atoms with Gasteiger partial charge in [0.25, 0.3) is 0 Å². The fourth-order valence-corrected chi connectivity index (χ4v) is 1.09. The first-order chi connectivity index (χ1) is 6.86. The predicted molar refractivity (Wildman–Crippen MR) is 55.3 cm³/mol. The molecule has 0 bridgehead atoms. The average molecular weight is 217 g/mol. The summed E-state index contributed by atoms with van der Waals surface area (Å²) < 4.78 is 0. The third-order valence-corrected chi connectivity index (χ3v) is 2.63. The van der Waals surface area contributed by atoms with Gasteiger partial charge in [0.05, 0.1) is 0 Å². The molecule has 0 aromatic rings. The van der Waals surface area contributed by atoms with Crippen LogP contribution < -0.4 is 5.32 Å². The fraction of sp³-hybridized carbons (Fsp3) is 0.800. The summed E-state index contributed by atoms with van der Waals surface area (Å²) in [5.41, 5.74) is -0.532. The van der Waals surface area contributed by atoms with Gasteiger partial charge in [0.1, 0.15) is 5.92 Å². The number of carbonyl (C=O) groups excluding carboxylic acids is 1. The number of hydrogen-bond donors (Lipinski definition) is 3. The molecule has 0 aliphatic rings. The minimum atomic E-state index is -1.14. The minimum absolute atomic E-state index is 0.0356. The number of rotatable bonds is 6. The molecular formula is C10H19NO4. The molecule has 0 saturated heterocycles. The Bertz CT molecular complexity index is 242. The molecule has 2 unspecified atom stereocenters. The first kappa shape index (κ1) is 13.9. The zero-order valence-corrected chi connectivity index (χ0v) is 9.41. The van der Waals surface area contributed by atoms with Crippen LogP contribution in [0.1, 0.15) is 33.6 Å². The maximum absolute atomic E-state index is 11.5. The van der Waals surface area contributed by atoms with Gasteiger partial charge < -0.3 is 15.5 Å². The second-order valence-corrected chi connectivity index (χ2v) is 3.94. The van der Waals surface area contributed by atoms with Crippen LogP contribution in [-0.2, 0) is 9.59 Å². The highest BCUT2D eigenvalue weighted by molar-refractivity contribution is 5.96. The monoisotopic (exact) mass is 217 g/mol. The molecule has 2 atom stereocenters. The lowest BCUT2D eigenvalue weighted by molar-refractivity contribution is -0.146. The molecule has 3 N–H and O–H groups in total. The number of aliphatic carboxylic acids is 1. The first-order valence-corrected chi connectivity index (χ1v) is 5.02. The van der Waals surface area contributed by atoms with E-state index in [4.69, 9.17) is 10.2 Å². The number of carbonyl (C=O) groups is 2. The highest BCUT2D eigenvalue weighted by Crippen LogP contribution is 2.14. The molecule has 1 amide bonds. The Balaban J connectivity index is 4.42. The molecule has 0 aliphatic carbocycles. The second kappa shape index (κ2) is 5.70. The standard InChI is InChI=1S/C10H19NO4/c1-4-10(3,5-6-12)11-8(13)7(2)9(14)15/h7,12H,4-6H2,1-3H3,(H,11,13)(H,14,15). The summed E-state index contributed by atoms with van der Waals surface area (Å²) in [5.74, 6) is -2.72. The van der Waals surface area contributed by atoms with E-state index in [-0.39, 0.29) is 6.61 Å². The number of amides is 1. The molecule has 0 rings (SSSR count). The lowest BCUT2D eigenvalue weighted by atomic mass is 9.94. The maximum Gasteiger partial charge on any atom is 0.315 e. The summed E-state index contributed by atoms with van der Waals surface area (Å²) >= 11 is 0. The van der Waals surface area contributed by atoms with E-state index in [9.17, 15) is 9.59 Å². The summed E-state index contributed by atoms with van der Waals surface area (Å²) in [6.07, 6.45) is 1.06. The topological polar surface area (TPSA) is 86.6 Å². The Morgan fingerprint density at radius 1 is 1.47 bits per heavy atom. The van der Waals surface area contributed by atoms with Gasteiger partial charge in [-0.3, -0.25) is 9.59 Å². The number of carboxylic acids is 1. The Morgan fingerprint density at radius 2 is 2.00 bits per heavy atom. The fourth-order valence-electron chi connectivity index (χ4n) is 1.09. The van der Waals surface area contributed by atoms with E-state index in [2.05, 4.69) is 5.32 Å². The third kappa shape index (κ3) is 4.29. The number of carboxylic acid groups (broad SMARTS) is 1. The second-order valence-electron chi connectivity index (χ2n) is 3.94. The van der Waals surface area contributed by atoms with Crippen molar-refractivity contribution in [3.05, 3.63) is 0 Å². The average Bonchev–Trinajstić information content (AvgIpc) is 2.16. The van der Waals surface area contributed by atoms with Crippen molar-refractivity contribution in [1.82, 2.24) is 5.32 Å². The molecule has 0 radical (unpaired) electrons. The van der Waals surface area contributed by atoms with Gasteiger partial charge in [0, 0.05) is 12.1 Å². The van der Waals surface area contributed by atoms with Gasteiger partial charge in [0.15, 0.2) is 0 Å². The molecule has 5 heteroatoms. The molecule has 15 heavy (non-hydrogen) atoms. The van der Waals surface area contributed by atoms with Crippen LogP contribution in [0.15, 0.2) is 0 Å². The van der Waals surface area contributed by atoms with Crippen molar-refractivity contribution in [3.63, 3.8) is 0 Å². The van der Waals surface area contributed by atoms with Crippen LogP contribution in [0.4, 0.5) is 0 Å². The van der Waals surface area contributed by atoms with Crippen molar-refractivity contribution in [2.75, 3.05) is 6.61 Å². The van der Waals surface area contributed by atoms with Crippen LogP contribution in [0, 0.1) is 5.92 Å². The largest absolute Gasteiger partial charge is 0.481 e. The SMILES string of the molecule is CCC(C)(CCO)NC(=O)C(C)C(=O)O. The van der Waals surface area contributed by atoms with Crippen LogP contribution in [-0.4, -0.2) is 34.2 Å². The van der Waals surface area contributed by atoms with Crippen LogP contribution in [0.3, 0.4) is 0 Å². The van der Waals surface area contributed by atoms with Crippen LogP contribution in [0.2, 0.25) is 0 Å². The van der Waals surface area contributed by atoms with Crippen molar-refractivity contribution >= 4 is 11.9 Å². The van der Waals surface area contributed by atoms with E-state index in [1.54, 1.807) is 6.92 Å². The molecule has 0 aliphatic heterocycles. The van der Waals surface area contributed by atoms with Gasteiger partial charge in [-0.15, -0.1) is 0 Å².